The molecule has 16 heavy (non-hydrogen) atoms. The molecule has 0 amide bonds. The van der Waals surface area contributed by atoms with E-state index in [2.05, 4.69) is 0 Å². The van der Waals surface area contributed by atoms with Gasteiger partial charge in [-0.2, -0.15) is 0 Å². The zero-order valence-electron chi connectivity index (χ0n) is 9.03. The minimum Gasteiger partial charge on any atom is -0.490 e. The lowest BCUT2D eigenvalue weighted by atomic mass is 10.2. The highest BCUT2D eigenvalue weighted by molar-refractivity contribution is 7.80. The molecule has 5 heteroatoms. The van der Waals surface area contributed by atoms with Crippen molar-refractivity contribution in [3.63, 3.8) is 0 Å². The van der Waals surface area contributed by atoms with Gasteiger partial charge in [-0.15, -0.1) is 0 Å². The molecular formula is C11H14ClNO2S. The highest BCUT2D eigenvalue weighted by Crippen LogP contribution is 2.25. The van der Waals surface area contributed by atoms with E-state index in [0.29, 0.717) is 35.6 Å². The third-order valence-corrected chi connectivity index (χ3v) is 2.44. The average molecular weight is 260 g/mol. The van der Waals surface area contributed by atoms with E-state index >= 15 is 0 Å². The standard InChI is InChI=1S/C11H14ClNO2S/c1-2-14-5-6-15-10-4-3-8(11(13)16)7-9(10)12/h3-4,7H,2,5-6H2,1H3,(H2,13,16). The third-order valence-electron chi connectivity index (χ3n) is 1.91. The van der Waals surface area contributed by atoms with Crippen LogP contribution in [0.1, 0.15) is 12.5 Å². The normalized spacial score (nSPS) is 10.1. The van der Waals surface area contributed by atoms with Gasteiger partial charge in [-0.05, 0) is 25.1 Å². The van der Waals surface area contributed by atoms with Crippen molar-refractivity contribution in [3.8, 4) is 5.75 Å². The molecule has 0 unspecified atom stereocenters. The van der Waals surface area contributed by atoms with E-state index in [4.69, 9.17) is 39.0 Å². The minimum absolute atomic E-state index is 0.322. The van der Waals surface area contributed by atoms with Crippen LogP contribution in [0.15, 0.2) is 18.2 Å². The van der Waals surface area contributed by atoms with Crippen LogP contribution < -0.4 is 10.5 Å². The van der Waals surface area contributed by atoms with Gasteiger partial charge < -0.3 is 15.2 Å². The minimum atomic E-state index is 0.322. The number of benzene rings is 1. The van der Waals surface area contributed by atoms with Crippen LogP contribution in [0.3, 0.4) is 0 Å². The van der Waals surface area contributed by atoms with Gasteiger partial charge in [0.25, 0.3) is 0 Å². The second kappa shape index (κ2) is 6.68. The molecule has 0 heterocycles. The maximum atomic E-state index is 6.01. The maximum Gasteiger partial charge on any atom is 0.138 e. The van der Waals surface area contributed by atoms with Crippen LogP contribution in [0.4, 0.5) is 0 Å². The van der Waals surface area contributed by atoms with Crippen molar-refractivity contribution in [2.45, 2.75) is 6.92 Å². The summed E-state index contributed by atoms with van der Waals surface area (Å²) < 4.78 is 10.6. The molecule has 1 aromatic rings. The third kappa shape index (κ3) is 3.96. The smallest absolute Gasteiger partial charge is 0.138 e. The lowest BCUT2D eigenvalue weighted by molar-refractivity contribution is 0.110. The van der Waals surface area contributed by atoms with Crippen LogP contribution in [0.25, 0.3) is 0 Å². The summed E-state index contributed by atoms with van der Waals surface area (Å²) in [6.07, 6.45) is 0. The van der Waals surface area contributed by atoms with Gasteiger partial charge in [-0.3, -0.25) is 0 Å². The van der Waals surface area contributed by atoms with E-state index in [1.165, 1.54) is 0 Å². The SMILES string of the molecule is CCOCCOc1ccc(C(N)=S)cc1Cl. The molecule has 0 bridgehead atoms. The van der Waals surface area contributed by atoms with Gasteiger partial charge in [0.05, 0.1) is 11.6 Å². The van der Waals surface area contributed by atoms with Crippen molar-refractivity contribution < 1.29 is 9.47 Å². The Balaban J connectivity index is 2.57. The second-order valence-corrected chi connectivity index (χ2v) is 3.90. The first-order chi connectivity index (χ1) is 7.65. The topological polar surface area (TPSA) is 44.5 Å². The maximum absolute atomic E-state index is 6.01. The van der Waals surface area contributed by atoms with Crippen LogP contribution in [0, 0.1) is 0 Å². The predicted octanol–water partition coefficient (Wildman–Crippen LogP) is 2.39. The fourth-order valence-electron chi connectivity index (χ4n) is 1.13. The van der Waals surface area contributed by atoms with Crippen molar-refractivity contribution in [3.05, 3.63) is 28.8 Å². The summed E-state index contributed by atoms with van der Waals surface area (Å²) >= 11 is 10.9. The van der Waals surface area contributed by atoms with E-state index < -0.39 is 0 Å². The van der Waals surface area contributed by atoms with Crippen LogP contribution >= 0.6 is 23.8 Å². The summed E-state index contributed by atoms with van der Waals surface area (Å²) in [7, 11) is 0. The number of thiocarbonyl (C=S) groups is 1. The first-order valence-electron chi connectivity index (χ1n) is 4.95. The molecule has 0 saturated carbocycles. The van der Waals surface area contributed by atoms with Gasteiger partial charge in [-0.1, -0.05) is 23.8 Å². The predicted molar refractivity (Wildman–Crippen MR) is 69.3 cm³/mol. The molecule has 2 N–H and O–H groups in total. The molecule has 0 radical (unpaired) electrons. The Morgan fingerprint density at radius 2 is 2.19 bits per heavy atom. The van der Waals surface area contributed by atoms with Gasteiger partial charge >= 0.3 is 0 Å². The fraction of sp³-hybridized carbons (Fsp3) is 0.364. The molecule has 0 aliphatic heterocycles. The summed E-state index contributed by atoms with van der Waals surface area (Å²) in [5.74, 6) is 0.612. The number of hydrogen-bond donors (Lipinski definition) is 1. The summed E-state index contributed by atoms with van der Waals surface area (Å²) in [5.41, 5.74) is 6.22. The lowest BCUT2D eigenvalue weighted by Gasteiger charge is -2.09. The number of nitrogens with two attached hydrogens (primary N) is 1. The molecule has 1 rings (SSSR count). The number of ether oxygens (including phenoxy) is 2. The largest absolute Gasteiger partial charge is 0.490 e. The highest BCUT2D eigenvalue weighted by atomic mass is 35.5. The van der Waals surface area contributed by atoms with Gasteiger partial charge in [0.15, 0.2) is 0 Å². The molecule has 0 atom stereocenters. The molecular weight excluding hydrogens is 246 g/mol. The molecule has 1 aromatic carbocycles. The zero-order valence-corrected chi connectivity index (χ0v) is 10.6. The van der Waals surface area contributed by atoms with E-state index in [9.17, 15) is 0 Å². The lowest BCUT2D eigenvalue weighted by Crippen LogP contribution is -2.10. The Labute approximate surface area is 105 Å². The number of rotatable bonds is 6. The van der Waals surface area contributed by atoms with Gasteiger partial charge in [0, 0.05) is 12.2 Å². The second-order valence-electron chi connectivity index (χ2n) is 3.05. The van der Waals surface area contributed by atoms with Crippen LogP contribution in [0.2, 0.25) is 5.02 Å². The van der Waals surface area contributed by atoms with Crippen molar-refractivity contribution in [2.24, 2.45) is 5.73 Å². The van der Waals surface area contributed by atoms with E-state index in [1.807, 2.05) is 6.92 Å². The van der Waals surface area contributed by atoms with Crippen molar-refractivity contribution in [2.75, 3.05) is 19.8 Å². The first kappa shape index (κ1) is 13.2. The zero-order chi connectivity index (χ0) is 12.0. The monoisotopic (exact) mass is 259 g/mol. The summed E-state index contributed by atoms with van der Waals surface area (Å²) in [6.45, 7) is 3.63. The summed E-state index contributed by atoms with van der Waals surface area (Å²) in [5, 5.41) is 0.502. The Bertz CT molecular complexity index is 371. The first-order valence-corrected chi connectivity index (χ1v) is 5.73. The molecule has 0 fully saturated rings. The van der Waals surface area contributed by atoms with Crippen molar-refractivity contribution >= 4 is 28.8 Å². The average Bonchev–Trinajstić information content (AvgIpc) is 2.26. The number of halogens is 1. The Kier molecular flexibility index (Phi) is 5.52. The van der Waals surface area contributed by atoms with Crippen LogP contribution in [-0.2, 0) is 4.74 Å². The Morgan fingerprint density at radius 1 is 1.44 bits per heavy atom. The molecule has 0 spiro atoms. The molecule has 88 valence electrons. The molecule has 3 nitrogen and oxygen atoms in total. The van der Waals surface area contributed by atoms with Crippen molar-refractivity contribution in [1.29, 1.82) is 0 Å². The van der Waals surface area contributed by atoms with Gasteiger partial charge in [0.2, 0.25) is 0 Å². The van der Waals surface area contributed by atoms with E-state index in [0.717, 1.165) is 5.56 Å². The summed E-state index contributed by atoms with van der Waals surface area (Å²) in [6, 6.07) is 5.23. The van der Waals surface area contributed by atoms with E-state index in [1.54, 1.807) is 18.2 Å². The van der Waals surface area contributed by atoms with Gasteiger partial charge in [-0.25, -0.2) is 0 Å². The fourth-order valence-corrected chi connectivity index (χ4v) is 1.49. The number of hydrogen-bond acceptors (Lipinski definition) is 3. The van der Waals surface area contributed by atoms with Crippen molar-refractivity contribution in [1.82, 2.24) is 0 Å². The highest BCUT2D eigenvalue weighted by Gasteiger charge is 2.04. The molecule has 0 aliphatic rings. The molecule has 0 aliphatic carbocycles. The Morgan fingerprint density at radius 3 is 2.75 bits per heavy atom. The van der Waals surface area contributed by atoms with Gasteiger partial charge in [0.1, 0.15) is 17.3 Å². The van der Waals surface area contributed by atoms with E-state index in [-0.39, 0.29) is 0 Å². The molecule has 0 saturated heterocycles. The Hall–Kier alpha value is -0.840. The molecule has 0 aromatic heterocycles. The quantitative estimate of drug-likeness (QED) is 0.629. The van der Waals surface area contributed by atoms with Crippen LogP contribution in [0.5, 0.6) is 5.75 Å². The van der Waals surface area contributed by atoms with Crippen LogP contribution in [-0.4, -0.2) is 24.8 Å². The summed E-state index contributed by atoms with van der Waals surface area (Å²) in [4.78, 5) is 0.322.